The Kier molecular flexibility index (Phi) is 5.13. The van der Waals surface area contributed by atoms with Crippen LogP contribution in [-0.2, 0) is 6.42 Å². The summed E-state index contributed by atoms with van der Waals surface area (Å²) in [5.41, 5.74) is 7.22. The molecule has 1 aliphatic rings. The zero-order valence-electron chi connectivity index (χ0n) is 11.2. The second-order valence-electron chi connectivity index (χ2n) is 5.66. The van der Waals surface area contributed by atoms with Gasteiger partial charge in [0.1, 0.15) is 0 Å². The molecule has 0 spiro atoms. The van der Waals surface area contributed by atoms with E-state index in [1.54, 1.807) is 0 Å². The lowest BCUT2D eigenvalue weighted by molar-refractivity contribution is -0.186. The van der Waals surface area contributed by atoms with Crippen molar-refractivity contribution in [1.29, 1.82) is 0 Å². The van der Waals surface area contributed by atoms with Gasteiger partial charge in [-0.15, -0.1) is 0 Å². The zero-order valence-corrected chi connectivity index (χ0v) is 12.8. The SMILES string of the molecule is NC(Cc1cccc(Br)c1)C1CCCC(C(F)(F)F)C1. The van der Waals surface area contributed by atoms with E-state index >= 15 is 0 Å². The molecule has 0 radical (unpaired) electrons. The van der Waals surface area contributed by atoms with E-state index < -0.39 is 12.1 Å². The third-order valence-corrected chi connectivity index (χ3v) is 4.64. The highest BCUT2D eigenvalue weighted by molar-refractivity contribution is 9.10. The average Bonchev–Trinajstić information content (AvgIpc) is 2.38. The van der Waals surface area contributed by atoms with Crippen LogP contribution in [0.4, 0.5) is 13.2 Å². The van der Waals surface area contributed by atoms with Gasteiger partial charge in [-0.2, -0.15) is 13.2 Å². The Balaban J connectivity index is 1.97. The van der Waals surface area contributed by atoms with Gasteiger partial charge in [0.2, 0.25) is 0 Å². The Morgan fingerprint density at radius 3 is 2.70 bits per heavy atom. The molecule has 0 bridgehead atoms. The molecular formula is C15H19BrF3N. The third kappa shape index (κ3) is 4.22. The Morgan fingerprint density at radius 2 is 2.05 bits per heavy atom. The molecule has 1 aromatic carbocycles. The second kappa shape index (κ2) is 6.48. The van der Waals surface area contributed by atoms with Crippen LogP contribution in [0.3, 0.4) is 0 Å². The lowest BCUT2D eigenvalue weighted by atomic mass is 9.76. The van der Waals surface area contributed by atoms with Crippen molar-refractivity contribution >= 4 is 15.9 Å². The molecule has 112 valence electrons. The van der Waals surface area contributed by atoms with E-state index in [2.05, 4.69) is 15.9 Å². The average molecular weight is 350 g/mol. The van der Waals surface area contributed by atoms with Gasteiger partial charge in [-0.1, -0.05) is 34.5 Å². The maximum atomic E-state index is 12.8. The summed E-state index contributed by atoms with van der Waals surface area (Å²) in [6.07, 6.45) is -1.58. The maximum absolute atomic E-state index is 12.8. The molecule has 1 aromatic rings. The van der Waals surface area contributed by atoms with Gasteiger partial charge in [-0.05, 0) is 49.3 Å². The van der Waals surface area contributed by atoms with Crippen molar-refractivity contribution in [2.24, 2.45) is 17.6 Å². The molecule has 0 aliphatic heterocycles. The second-order valence-corrected chi connectivity index (χ2v) is 6.58. The highest BCUT2D eigenvalue weighted by Crippen LogP contribution is 2.41. The zero-order chi connectivity index (χ0) is 14.8. The molecule has 3 atom stereocenters. The number of hydrogen-bond acceptors (Lipinski definition) is 1. The van der Waals surface area contributed by atoms with Crippen molar-refractivity contribution < 1.29 is 13.2 Å². The van der Waals surface area contributed by atoms with Gasteiger partial charge in [0.25, 0.3) is 0 Å². The van der Waals surface area contributed by atoms with Gasteiger partial charge in [0, 0.05) is 10.5 Å². The van der Waals surface area contributed by atoms with E-state index in [1.165, 1.54) is 0 Å². The molecule has 0 amide bonds. The minimum absolute atomic E-state index is 0.0330. The third-order valence-electron chi connectivity index (χ3n) is 4.14. The number of alkyl halides is 3. The van der Waals surface area contributed by atoms with Crippen LogP contribution in [0.2, 0.25) is 0 Å². The Labute approximate surface area is 125 Å². The van der Waals surface area contributed by atoms with Crippen LogP contribution in [0, 0.1) is 11.8 Å². The van der Waals surface area contributed by atoms with Crippen molar-refractivity contribution in [2.45, 2.75) is 44.3 Å². The van der Waals surface area contributed by atoms with Crippen LogP contribution in [0.15, 0.2) is 28.7 Å². The first-order valence-corrected chi connectivity index (χ1v) is 7.72. The molecule has 1 nitrogen and oxygen atoms in total. The van der Waals surface area contributed by atoms with Crippen LogP contribution in [0.25, 0.3) is 0 Å². The molecule has 2 rings (SSSR count). The predicted molar refractivity (Wildman–Crippen MR) is 77.3 cm³/mol. The lowest BCUT2D eigenvalue weighted by Gasteiger charge is -2.33. The molecular weight excluding hydrogens is 331 g/mol. The van der Waals surface area contributed by atoms with Gasteiger partial charge in [0.05, 0.1) is 5.92 Å². The maximum Gasteiger partial charge on any atom is 0.391 e. The Bertz CT molecular complexity index is 447. The molecule has 1 saturated carbocycles. The summed E-state index contributed by atoms with van der Waals surface area (Å²) >= 11 is 3.39. The summed E-state index contributed by atoms with van der Waals surface area (Å²) in [5.74, 6) is -1.20. The van der Waals surface area contributed by atoms with Gasteiger partial charge in [-0.25, -0.2) is 0 Å². The Hall–Kier alpha value is -0.550. The van der Waals surface area contributed by atoms with Crippen molar-refractivity contribution in [3.63, 3.8) is 0 Å². The molecule has 20 heavy (non-hydrogen) atoms. The van der Waals surface area contributed by atoms with Crippen molar-refractivity contribution in [3.05, 3.63) is 34.3 Å². The van der Waals surface area contributed by atoms with Crippen molar-refractivity contribution in [2.75, 3.05) is 0 Å². The summed E-state index contributed by atoms with van der Waals surface area (Å²) < 4.78 is 39.4. The number of rotatable bonds is 3. The highest BCUT2D eigenvalue weighted by Gasteiger charge is 2.43. The molecule has 3 unspecified atom stereocenters. The van der Waals surface area contributed by atoms with Crippen LogP contribution in [0.1, 0.15) is 31.2 Å². The Morgan fingerprint density at radius 1 is 1.30 bits per heavy atom. The highest BCUT2D eigenvalue weighted by atomic mass is 79.9. The van der Waals surface area contributed by atoms with E-state index in [1.807, 2.05) is 24.3 Å². The molecule has 1 fully saturated rings. The quantitative estimate of drug-likeness (QED) is 0.841. The summed E-state index contributed by atoms with van der Waals surface area (Å²) in [5, 5.41) is 0. The van der Waals surface area contributed by atoms with E-state index in [0.717, 1.165) is 16.5 Å². The number of benzene rings is 1. The number of nitrogens with two attached hydrogens (primary N) is 1. The molecule has 1 aliphatic carbocycles. The van der Waals surface area contributed by atoms with Crippen LogP contribution in [-0.4, -0.2) is 12.2 Å². The van der Waals surface area contributed by atoms with Crippen LogP contribution >= 0.6 is 15.9 Å². The monoisotopic (exact) mass is 349 g/mol. The number of hydrogen-bond donors (Lipinski definition) is 1. The smallest absolute Gasteiger partial charge is 0.327 e. The van der Waals surface area contributed by atoms with Crippen LogP contribution < -0.4 is 5.73 Å². The standard InChI is InChI=1S/C15H19BrF3N/c16-13-6-1-3-10(7-13)8-14(20)11-4-2-5-12(9-11)15(17,18)19/h1,3,6-7,11-12,14H,2,4-5,8-9,20H2. The van der Waals surface area contributed by atoms with Crippen LogP contribution in [0.5, 0.6) is 0 Å². The molecule has 2 N–H and O–H groups in total. The lowest BCUT2D eigenvalue weighted by Crippen LogP contribution is -2.38. The minimum atomic E-state index is -4.08. The fraction of sp³-hybridized carbons (Fsp3) is 0.600. The minimum Gasteiger partial charge on any atom is -0.327 e. The van der Waals surface area contributed by atoms with Gasteiger partial charge >= 0.3 is 6.18 Å². The van der Waals surface area contributed by atoms with Crippen molar-refractivity contribution in [3.8, 4) is 0 Å². The van der Waals surface area contributed by atoms with E-state index in [-0.39, 0.29) is 24.8 Å². The van der Waals surface area contributed by atoms with Gasteiger partial charge in [0.15, 0.2) is 0 Å². The largest absolute Gasteiger partial charge is 0.391 e. The fourth-order valence-corrected chi connectivity index (χ4v) is 3.46. The molecule has 0 heterocycles. The van der Waals surface area contributed by atoms with Gasteiger partial charge in [-0.3, -0.25) is 0 Å². The van der Waals surface area contributed by atoms with E-state index in [9.17, 15) is 13.2 Å². The normalized spacial score (nSPS) is 25.4. The summed E-state index contributed by atoms with van der Waals surface area (Å²) in [7, 11) is 0. The van der Waals surface area contributed by atoms with E-state index in [4.69, 9.17) is 5.73 Å². The summed E-state index contributed by atoms with van der Waals surface area (Å²) in [6.45, 7) is 0. The predicted octanol–water partition coefficient (Wildman–Crippen LogP) is 4.69. The first-order valence-electron chi connectivity index (χ1n) is 6.93. The van der Waals surface area contributed by atoms with Crippen molar-refractivity contribution in [1.82, 2.24) is 0 Å². The topological polar surface area (TPSA) is 26.0 Å². The van der Waals surface area contributed by atoms with Gasteiger partial charge < -0.3 is 5.73 Å². The summed E-state index contributed by atoms with van der Waals surface area (Å²) in [4.78, 5) is 0. The first-order chi connectivity index (χ1) is 9.36. The fourth-order valence-electron chi connectivity index (χ4n) is 3.02. The number of halogens is 4. The molecule has 0 saturated heterocycles. The molecule has 5 heteroatoms. The molecule has 0 aromatic heterocycles. The first kappa shape index (κ1) is 15.8. The summed E-state index contributed by atoms with van der Waals surface area (Å²) in [6, 6.07) is 7.59. The van der Waals surface area contributed by atoms with E-state index in [0.29, 0.717) is 12.8 Å².